The Hall–Kier alpha value is -2.69. The van der Waals surface area contributed by atoms with Crippen LogP contribution in [0.2, 0.25) is 5.02 Å². The first-order chi connectivity index (χ1) is 14.7. The minimum atomic E-state index is -4.08. The zero-order chi connectivity index (χ0) is 22.4. The molecule has 8 nitrogen and oxygen atoms in total. The van der Waals surface area contributed by atoms with Crippen molar-refractivity contribution in [2.45, 2.75) is 23.8 Å². The van der Waals surface area contributed by atoms with Crippen LogP contribution in [0.3, 0.4) is 0 Å². The van der Waals surface area contributed by atoms with Crippen molar-refractivity contribution in [1.29, 1.82) is 0 Å². The van der Waals surface area contributed by atoms with Crippen LogP contribution < -0.4 is 10.0 Å². The SMILES string of the molecule is O=C(COC(=O)c1cc(S(=O)(=O)Nc2ccc(F)cc2)ccc1Cl)NCC1CCCO1. The number of amides is 1. The summed E-state index contributed by atoms with van der Waals surface area (Å²) < 4.78 is 50.8. The van der Waals surface area contributed by atoms with Gasteiger partial charge in [-0.25, -0.2) is 17.6 Å². The maximum atomic E-state index is 13.0. The van der Waals surface area contributed by atoms with Crippen molar-refractivity contribution in [2.24, 2.45) is 0 Å². The molecule has 2 N–H and O–H groups in total. The van der Waals surface area contributed by atoms with Crippen LogP contribution in [-0.4, -0.2) is 46.2 Å². The summed E-state index contributed by atoms with van der Waals surface area (Å²) in [6.07, 6.45) is 1.73. The summed E-state index contributed by atoms with van der Waals surface area (Å²) in [5.74, 6) is -1.97. The molecule has 1 aliphatic heterocycles. The highest BCUT2D eigenvalue weighted by Gasteiger charge is 2.21. The van der Waals surface area contributed by atoms with Crippen molar-refractivity contribution >= 4 is 39.2 Å². The highest BCUT2D eigenvalue weighted by atomic mass is 35.5. The summed E-state index contributed by atoms with van der Waals surface area (Å²) in [5.41, 5.74) is -0.0704. The summed E-state index contributed by atoms with van der Waals surface area (Å²) >= 11 is 6.01. The fraction of sp³-hybridized carbons (Fsp3) is 0.300. The molecule has 0 aliphatic carbocycles. The number of carbonyl (C=O) groups is 2. The third-order valence-corrected chi connectivity index (χ3v) is 6.16. The van der Waals surface area contributed by atoms with Gasteiger partial charge in [0.15, 0.2) is 6.61 Å². The lowest BCUT2D eigenvalue weighted by Gasteiger charge is -2.12. The lowest BCUT2D eigenvalue weighted by molar-refractivity contribution is -0.124. The molecule has 1 saturated heterocycles. The second-order valence-corrected chi connectivity index (χ2v) is 8.86. The van der Waals surface area contributed by atoms with Gasteiger partial charge in [-0.1, -0.05) is 11.6 Å². The molecule has 1 unspecified atom stereocenters. The van der Waals surface area contributed by atoms with E-state index in [9.17, 15) is 22.4 Å². The predicted molar refractivity (Wildman–Crippen MR) is 111 cm³/mol. The second kappa shape index (κ2) is 10.1. The lowest BCUT2D eigenvalue weighted by Crippen LogP contribution is -2.34. The summed E-state index contributed by atoms with van der Waals surface area (Å²) in [6, 6.07) is 8.20. The first-order valence-electron chi connectivity index (χ1n) is 9.38. The average Bonchev–Trinajstić information content (AvgIpc) is 3.26. The molecule has 2 aromatic rings. The van der Waals surface area contributed by atoms with Gasteiger partial charge in [0.05, 0.1) is 21.6 Å². The topological polar surface area (TPSA) is 111 Å². The average molecular weight is 471 g/mol. The van der Waals surface area contributed by atoms with E-state index in [2.05, 4.69) is 10.0 Å². The van der Waals surface area contributed by atoms with E-state index in [1.165, 1.54) is 24.3 Å². The van der Waals surface area contributed by atoms with Crippen LogP contribution in [0.25, 0.3) is 0 Å². The number of ether oxygens (including phenoxy) is 2. The Kier molecular flexibility index (Phi) is 7.47. The standard InChI is InChI=1S/C20H20ClFN2O6S/c21-18-8-7-16(31(27,28)24-14-5-3-13(22)4-6-14)10-17(18)20(26)30-12-19(25)23-11-15-2-1-9-29-15/h3-8,10,15,24H,1-2,9,11-12H2,(H,23,25). The number of rotatable bonds is 8. The molecule has 0 spiro atoms. The van der Waals surface area contributed by atoms with Gasteiger partial charge < -0.3 is 14.8 Å². The van der Waals surface area contributed by atoms with Gasteiger partial charge in [-0.05, 0) is 55.3 Å². The fourth-order valence-electron chi connectivity index (χ4n) is 2.85. The zero-order valence-corrected chi connectivity index (χ0v) is 17.8. The molecular formula is C20H20ClFN2O6S. The van der Waals surface area contributed by atoms with Crippen LogP contribution in [0.15, 0.2) is 47.4 Å². The number of nitrogens with one attached hydrogen (secondary N) is 2. The monoisotopic (exact) mass is 470 g/mol. The van der Waals surface area contributed by atoms with Gasteiger partial charge in [-0.3, -0.25) is 9.52 Å². The van der Waals surface area contributed by atoms with Gasteiger partial charge in [-0.2, -0.15) is 0 Å². The summed E-state index contributed by atoms with van der Waals surface area (Å²) in [4.78, 5) is 23.9. The van der Waals surface area contributed by atoms with E-state index >= 15 is 0 Å². The maximum absolute atomic E-state index is 13.0. The molecule has 0 saturated carbocycles. The van der Waals surface area contributed by atoms with E-state index in [-0.39, 0.29) is 27.3 Å². The third-order valence-electron chi connectivity index (χ3n) is 4.45. The Balaban J connectivity index is 1.63. The van der Waals surface area contributed by atoms with Gasteiger partial charge in [-0.15, -0.1) is 0 Å². The molecule has 1 aliphatic rings. The van der Waals surface area contributed by atoms with Gasteiger partial charge in [0.2, 0.25) is 0 Å². The molecule has 11 heteroatoms. The van der Waals surface area contributed by atoms with Crippen molar-refractivity contribution in [3.05, 3.63) is 58.9 Å². The molecule has 166 valence electrons. The van der Waals surface area contributed by atoms with Crippen molar-refractivity contribution in [3.8, 4) is 0 Å². The molecule has 31 heavy (non-hydrogen) atoms. The smallest absolute Gasteiger partial charge is 0.340 e. The Morgan fingerprint density at radius 2 is 1.94 bits per heavy atom. The van der Waals surface area contributed by atoms with E-state index < -0.39 is 34.3 Å². The van der Waals surface area contributed by atoms with E-state index in [4.69, 9.17) is 21.1 Å². The van der Waals surface area contributed by atoms with E-state index in [1.807, 2.05) is 0 Å². The van der Waals surface area contributed by atoms with Crippen LogP contribution in [0.5, 0.6) is 0 Å². The van der Waals surface area contributed by atoms with Gasteiger partial charge in [0.1, 0.15) is 5.82 Å². The number of halogens is 2. The van der Waals surface area contributed by atoms with Crippen molar-refractivity contribution in [1.82, 2.24) is 5.32 Å². The minimum absolute atomic E-state index is 0.0366. The summed E-state index contributed by atoms with van der Waals surface area (Å²) in [5, 5.41) is 2.57. The quantitative estimate of drug-likeness (QED) is 0.574. The molecule has 1 amide bonds. The molecule has 1 atom stereocenters. The summed E-state index contributed by atoms with van der Waals surface area (Å²) in [7, 11) is -4.08. The number of esters is 1. The van der Waals surface area contributed by atoms with Crippen LogP contribution in [0, 0.1) is 5.82 Å². The molecule has 3 rings (SSSR count). The van der Waals surface area contributed by atoms with Crippen LogP contribution in [-0.2, 0) is 24.3 Å². The lowest BCUT2D eigenvalue weighted by atomic mass is 10.2. The van der Waals surface area contributed by atoms with Crippen LogP contribution in [0.4, 0.5) is 10.1 Å². The number of sulfonamides is 1. The molecule has 2 aromatic carbocycles. The van der Waals surface area contributed by atoms with Crippen molar-refractivity contribution in [3.63, 3.8) is 0 Å². The zero-order valence-electron chi connectivity index (χ0n) is 16.3. The van der Waals surface area contributed by atoms with Crippen molar-refractivity contribution in [2.75, 3.05) is 24.5 Å². The predicted octanol–water partition coefficient (Wildman–Crippen LogP) is 2.73. The molecule has 1 heterocycles. The van der Waals surface area contributed by atoms with E-state index in [0.29, 0.717) is 13.2 Å². The first kappa shape index (κ1) is 23.0. The largest absolute Gasteiger partial charge is 0.452 e. The summed E-state index contributed by atoms with van der Waals surface area (Å²) in [6.45, 7) is 0.426. The Bertz CT molecular complexity index is 1060. The number of benzene rings is 2. The van der Waals surface area contributed by atoms with Crippen LogP contribution in [0.1, 0.15) is 23.2 Å². The van der Waals surface area contributed by atoms with Gasteiger partial charge in [0, 0.05) is 18.8 Å². The highest BCUT2D eigenvalue weighted by Crippen LogP contribution is 2.23. The number of anilines is 1. The number of hydrogen-bond acceptors (Lipinski definition) is 6. The van der Waals surface area contributed by atoms with Gasteiger partial charge >= 0.3 is 5.97 Å². The Morgan fingerprint density at radius 1 is 1.19 bits per heavy atom. The molecule has 0 radical (unpaired) electrons. The highest BCUT2D eigenvalue weighted by molar-refractivity contribution is 7.92. The first-order valence-corrected chi connectivity index (χ1v) is 11.2. The molecular weight excluding hydrogens is 451 g/mol. The second-order valence-electron chi connectivity index (χ2n) is 6.77. The third kappa shape index (κ3) is 6.39. The Morgan fingerprint density at radius 3 is 2.61 bits per heavy atom. The molecule has 0 aromatic heterocycles. The van der Waals surface area contributed by atoms with Gasteiger partial charge in [0.25, 0.3) is 15.9 Å². The normalized spacial score (nSPS) is 16.0. The van der Waals surface area contributed by atoms with E-state index in [0.717, 1.165) is 31.0 Å². The maximum Gasteiger partial charge on any atom is 0.340 e. The molecule has 0 bridgehead atoms. The fourth-order valence-corrected chi connectivity index (χ4v) is 4.13. The van der Waals surface area contributed by atoms with Crippen LogP contribution >= 0.6 is 11.6 Å². The Labute approximate surface area is 183 Å². The number of carbonyl (C=O) groups excluding carboxylic acids is 2. The van der Waals surface area contributed by atoms with Crippen molar-refractivity contribution < 1.29 is 31.9 Å². The van der Waals surface area contributed by atoms with E-state index in [1.54, 1.807) is 0 Å². The molecule has 1 fully saturated rings. The minimum Gasteiger partial charge on any atom is -0.452 e. The number of hydrogen-bond donors (Lipinski definition) is 2.